The smallest absolute Gasteiger partial charge is 0.329 e. The highest BCUT2D eigenvalue weighted by atomic mass is 32.2. The zero-order valence-corrected chi connectivity index (χ0v) is 22.2. The topological polar surface area (TPSA) is 114 Å². The summed E-state index contributed by atoms with van der Waals surface area (Å²) in [4.78, 5) is 26.7. The van der Waals surface area contributed by atoms with Crippen LogP contribution in [0, 0.1) is 0 Å². The average molecular weight is 513 g/mol. The normalized spacial score (nSPS) is 14.4. The van der Waals surface area contributed by atoms with Crippen LogP contribution >= 0.6 is 0 Å². The van der Waals surface area contributed by atoms with Crippen LogP contribution < -0.4 is 10.6 Å². The molecule has 0 atom stereocenters. The van der Waals surface area contributed by atoms with Gasteiger partial charge in [-0.3, -0.25) is 18.7 Å². The number of pyridine rings is 2. The molecule has 0 aliphatic carbocycles. The molecule has 4 heterocycles. The van der Waals surface area contributed by atoms with Crippen LogP contribution in [0.1, 0.15) is 19.9 Å². The van der Waals surface area contributed by atoms with Crippen LogP contribution in [0.25, 0.3) is 33.1 Å². The molecule has 10 nitrogen and oxygen atoms in total. The van der Waals surface area contributed by atoms with Gasteiger partial charge < -0.3 is 9.80 Å². The molecule has 5 rings (SSSR count). The highest BCUT2D eigenvalue weighted by Gasteiger charge is 2.29. The number of hydrogen-bond donors (Lipinski definition) is 1. The lowest BCUT2D eigenvalue weighted by Crippen LogP contribution is -2.57. The van der Waals surface area contributed by atoms with Crippen LogP contribution in [0.4, 0.5) is 5.82 Å². The number of rotatable bonds is 4. The van der Waals surface area contributed by atoms with Crippen LogP contribution in [-0.2, 0) is 17.2 Å². The van der Waals surface area contributed by atoms with Crippen molar-refractivity contribution in [3.63, 3.8) is 0 Å². The van der Waals surface area contributed by atoms with Gasteiger partial charge >= 0.3 is 5.69 Å². The average Bonchev–Trinajstić information content (AvgIpc) is 3.02. The Morgan fingerprint density at radius 2 is 1.69 bits per heavy atom. The van der Waals surface area contributed by atoms with E-state index in [9.17, 15) is 13.2 Å². The van der Waals surface area contributed by atoms with Gasteiger partial charge in [0.05, 0.1) is 29.0 Å². The van der Waals surface area contributed by atoms with Gasteiger partial charge in [-0.15, -0.1) is 0 Å². The van der Waals surface area contributed by atoms with Crippen molar-refractivity contribution in [2.45, 2.75) is 25.9 Å². The first-order valence-corrected chi connectivity index (χ1v) is 13.5. The van der Waals surface area contributed by atoms with Gasteiger partial charge in [0, 0.05) is 49.4 Å². The summed E-state index contributed by atoms with van der Waals surface area (Å²) in [5, 5.41) is 0.988. The molecule has 0 radical (unpaired) electrons. The molecule has 1 aliphatic rings. The molecule has 3 aromatic heterocycles. The van der Waals surface area contributed by atoms with E-state index in [2.05, 4.69) is 53.1 Å². The zero-order valence-electron chi connectivity index (χ0n) is 21.4. The lowest BCUT2D eigenvalue weighted by Gasteiger charge is -2.43. The fourth-order valence-corrected chi connectivity index (χ4v) is 4.40. The summed E-state index contributed by atoms with van der Waals surface area (Å²) in [5.41, 5.74) is 4.79. The van der Waals surface area contributed by atoms with Gasteiger partial charge in [-0.05, 0) is 57.8 Å². The molecule has 1 N–H and O–H groups in total. The highest BCUT2D eigenvalue weighted by Crippen LogP contribution is 2.30. The number of imidazole rings is 1. The van der Waals surface area contributed by atoms with Crippen LogP contribution in [0.15, 0.2) is 47.5 Å². The molecule has 1 fully saturated rings. The lowest BCUT2D eigenvalue weighted by atomic mass is 10.0. The molecule has 1 aromatic carbocycles. The van der Waals surface area contributed by atoms with Crippen molar-refractivity contribution in [3.05, 3.63) is 53.2 Å². The fraction of sp³-hybridized carbons (Fsp3) is 0.400. The van der Waals surface area contributed by atoms with E-state index in [1.54, 1.807) is 17.8 Å². The van der Waals surface area contributed by atoms with Crippen molar-refractivity contribution in [1.29, 1.82) is 0 Å². The van der Waals surface area contributed by atoms with Crippen molar-refractivity contribution < 1.29 is 13.0 Å². The number of aromatic nitrogens is 4. The van der Waals surface area contributed by atoms with Gasteiger partial charge in [0.15, 0.2) is 0 Å². The summed E-state index contributed by atoms with van der Waals surface area (Å²) < 4.78 is 29.4. The Hall–Kier alpha value is -3.28. The minimum atomic E-state index is -3.67. The molecule has 192 valence electrons. The highest BCUT2D eigenvalue weighted by molar-refractivity contribution is 7.85. The zero-order chi connectivity index (χ0) is 26.4. The van der Waals surface area contributed by atoms with Crippen LogP contribution in [-0.4, -0.2) is 76.5 Å². The molecule has 0 unspecified atom stereocenters. The van der Waals surface area contributed by atoms with E-state index in [4.69, 9.17) is 9.54 Å². The maximum Gasteiger partial charge on any atom is 0.329 e. The standard InChI is InChI=1S/C24H28N6O.CH4O3S/c1-15(2)30-23-19-10-16(6-8-20(19)25-12-21(23)28(5)24(30)31)17-7-9-22(26-11-17)29-13-18(14-29)27(3)4;1-5(2,3)4/h6-12,15,18H,13-14H2,1-5H3;1H3,(H,2,3,4). The van der Waals surface area contributed by atoms with Gasteiger partial charge in [-0.25, -0.2) is 9.78 Å². The van der Waals surface area contributed by atoms with E-state index in [1.165, 1.54) is 0 Å². The number of anilines is 1. The first kappa shape index (κ1) is 25.8. The quantitative estimate of drug-likeness (QED) is 0.415. The van der Waals surface area contributed by atoms with E-state index in [0.29, 0.717) is 12.3 Å². The van der Waals surface area contributed by atoms with Gasteiger partial charge in [-0.2, -0.15) is 8.42 Å². The summed E-state index contributed by atoms with van der Waals surface area (Å²) in [6.07, 6.45) is 4.45. The molecule has 0 amide bonds. The Bertz CT molecular complexity index is 1560. The largest absolute Gasteiger partial charge is 0.353 e. The Morgan fingerprint density at radius 3 is 2.25 bits per heavy atom. The van der Waals surface area contributed by atoms with E-state index in [-0.39, 0.29) is 11.7 Å². The number of benzene rings is 1. The first-order chi connectivity index (χ1) is 16.8. The van der Waals surface area contributed by atoms with Crippen molar-refractivity contribution in [3.8, 4) is 11.1 Å². The molecule has 0 bridgehead atoms. The Balaban J connectivity index is 0.000000556. The maximum absolute atomic E-state index is 12.8. The molecule has 4 aromatic rings. The number of fused-ring (bicyclic) bond motifs is 3. The summed E-state index contributed by atoms with van der Waals surface area (Å²) in [6.45, 7) is 6.10. The van der Waals surface area contributed by atoms with E-state index in [1.807, 2.05) is 30.7 Å². The van der Waals surface area contributed by atoms with Gasteiger partial charge in [0.1, 0.15) is 5.82 Å². The van der Waals surface area contributed by atoms with Crippen LogP contribution in [0.2, 0.25) is 0 Å². The van der Waals surface area contributed by atoms with Crippen molar-refractivity contribution >= 4 is 37.9 Å². The minimum Gasteiger partial charge on any atom is -0.353 e. The van der Waals surface area contributed by atoms with Gasteiger partial charge in [0.2, 0.25) is 0 Å². The third-order valence-electron chi connectivity index (χ3n) is 6.43. The molecule has 36 heavy (non-hydrogen) atoms. The van der Waals surface area contributed by atoms with Crippen LogP contribution in [0.5, 0.6) is 0 Å². The molecular weight excluding hydrogens is 480 g/mol. The van der Waals surface area contributed by atoms with Crippen molar-refractivity contribution in [2.75, 3.05) is 38.3 Å². The Labute approximate surface area is 210 Å². The second-order valence-corrected chi connectivity index (χ2v) is 11.2. The number of nitrogens with zero attached hydrogens (tertiary/aromatic N) is 6. The fourth-order valence-electron chi connectivity index (χ4n) is 4.40. The minimum absolute atomic E-state index is 0.0127. The molecule has 0 saturated carbocycles. The molecule has 1 aliphatic heterocycles. The van der Waals surface area contributed by atoms with Crippen molar-refractivity contribution in [1.82, 2.24) is 24.0 Å². The molecular formula is C25H32N6O4S. The molecule has 1 saturated heterocycles. The van der Waals surface area contributed by atoms with E-state index in [0.717, 1.165) is 52.0 Å². The Morgan fingerprint density at radius 1 is 1.06 bits per heavy atom. The summed E-state index contributed by atoms with van der Waals surface area (Å²) in [6, 6.07) is 11.1. The first-order valence-electron chi connectivity index (χ1n) is 11.6. The second kappa shape index (κ2) is 9.64. The van der Waals surface area contributed by atoms with E-state index < -0.39 is 10.1 Å². The second-order valence-electron chi connectivity index (χ2n) is 9.69. The third kappa shape index (κ3) is 5.13. The van der Waals surface area contributed by atoms with Crippen LogP contribution in [0.3, 0.4) is 0 Å². The number of hydrogen-bond acceptors (Lipinski definition) is 7. The van der Waals surface area contributed by atoms with Crippen molar-refractivity contribution in [2.24, 2.45) is 7.05 Å². The molecule has 11 heteroatoms. The third-order valence-corrected chi connectivity index (χ3v) is 6.43. The summed E-state index contributed by atoms with van der Waals surface area (Å²) in [5.74, 6) is 1.02. The number of likely N-dealkylation sites (N-methyl/N-ethyl adjacent to an activating group) is 1. The SMILES string of the molecule is CC(C)n1c(=O)n(C)c2cnc3ccc(-c4ccc(N5CC(N(C)C)C5)nc4)cc3c21.CS(=O)(=O)O. The summed E-state index contributed by atoms with van der Waals surface area (Å²) in [7, 11) is 2.38. The van der Waals surface area contributed by atoms with E-state index >= 15 is 0 Å². The Kier molecular flexibility index (Phi) is 6.91. The van der Waals surface area contributed by atoms with Gasteiger partial charge in [-0.1, -0.05) is 6.07 Å². The predicted molar refractivity (Wildman–Crippen MR) is 143 cm³/mol. The number of aryl methyl sites for hydroxylation is 1. The lowest BCUT2D eigenvalue weighted by molar-refractivity contribution is 0.246. The monoisotopic (exact) mass is 512 g/mol. The maximum atomic E-state index is 12.8. The van der Waals surface area contributed by atoms with Gasteiger partial charge in [0.25, 0.3) is 10.1 Å². The molecule has 0 spiro atoms. The predicted octanol–water partition coefficient (Wildman–Crippen LogP) is 2.79. The summed E-state index contributed by atoms with van der Waals surface area (Å²) >= 11 is 0.